The lowest BCUT2D eigenvalue weighted by atomic mass is 9.78. The van der Waals surface area contributed by atoms with E-state index >= 15 is 0 Å². The minimum absolute atomic E-state index is 0.151. The van der Waals surface area contributed by atoms with Crippen molar-refractivity contribution in [3.05, 3.63) is 160 Å². The Kier molecular flexibility index (Phi) is 6.58. The third kappa shape index (κ3) is 4.45. The molecule has 0 aromatic heterocycles. The number of nitrogens with two attached hydrogens (primary N) is 1. The van der Waals surface area contributed by atoms with E-state index in [0.29, 0.717) is 18.7 Å². The van der Waals surface area contributed by atoms with Gasteiger partial charge in [-0.3, -0.25) is 4.90 Å². The first-order valence-electron chi connectivity index (χ1n) is 14.4. The van der Waals surface area contributed by atoms with Gasteiger partial charge in [0, 0.05) is 24.7 Å². The Morgan fingerprint density at radius 2 is 1.45 bits per heavy atom. The monoisotopic (exact) mass is 545 g/mol. The van der Waals surface area contributed by atoms with E-state index in [0.717, 1.165) is 38.8 Å². The lowest BCUT2D eigenvalue weighted by molar-refractivity contribution is 0.200. The Hall–Kier alpha value is -5.11. The highest BCUT2D eigenvalue weighted by Crippen LogP contribution is 2.46. The molecule has 0 bridgehead atoms. The van der Waals surface area contributed by atoms with Gasteiger partial charge in [0.1, 0.15) is 17.4 Å². The van der Waals surface area contributed by atoms with Crippen molar-refractivity contribution in [2.24, 2.45) is 5.73 Å². The Labute approximate surface area is 246 Å². The molecular weight excluding hydrogens is 514 g/mol. The Morgan fingerprint density at radius 3 is 2.21 bits per heavy atom. The van der Waals surface area contributed by atoms with Crippen LogP contribution in [0.3, 0.4) is 0 Å². The van der Waals surface area contributed by atoms with E-state index in [1.165, 1.54) is 16.3 Å². The van der Waals surface area contributed by atoms with Crippen molar-refractivity contribution >= 4 is 27.6 Å². The lowest BCUT2D eigenvalue weighted by Crippen LogP contribution is -2.39. The van der Waals surface area contributed by atoms with E-state index < -0.39 is 0 Å². The number of allylic oxidation sites excluding steroid dienone is 1. The summed E-state index contributed by atoms with van der Waals surface area (Å²) in [7, 11) is 0. The minimum Gasteiger partial charge on any atom is -0.440 e. The van der Waals surface area contributed by atoms with Gasteiger partial charge in [0.2, 0.25) is 5.88 Å². The SMILES string of the molecule is C[C@H](c1ccccc1)N1CC2=C(OC(N)=C(C#N)C2c2cccc3ccccc23)/C(=C/c2cccc3ccccc23)C1. The molecule has 0 spiro atoms. The number of hydrogen-bond acceptors (Lipinski definition) is 4. The van der Waals surface area contributed by atoms with Crippen molar-refractivity contribution in [1.29, 1.82) is 5.26 Å². The number of rotatable bonds is 4. The van der Waals surface area contributed by atoms with E-state index in [2.05, 4.69) is 133 Å². The number of hydrogen-bond donors (Lipinski definition) is 1. The van der Waals surface area contributed by atoms with Crippen LogP contribution in [0.15, 0.2) is 144 Å². The van der Waals surface area contributed by atoms with Gasteiger partial charge in [-0.25, -0.2) is 0 Å². The van der Waals surface area contributed by atoms with Crippen LogP contribution in [0.25, 0.3) is 27.6 Å². The number of benzene rings is 5. The summed E-state index contributed by atoms with van der Waals surface area (Å²) in [5.41, 5.74) is 12.6. The second kappa shape index (κ2) is 10.7. The van der Waals surface area contributed by atoms with Crippen molar-refractivity contribution in [2.45, 2.75) is 18.9 Å². The molecule has 4 heteroatoms. The van der Waals surface area contributed by atoms with Gasteiger partial charge in [-0.2, -0.15) is 5.26 Å². The van der Waals surface area contributed by atoms with Gasteiger partial charge in [-0.15, -0.1) is 0 Å². The maximum Gasteiger partial charge on any atom is 0.205 e. The van der Waals surface area contributed by atoms with Crippen LogP contribution in [0.2, 0.25) is 0 Å². The van der Waals surface area contributed by atoms with Crippen molar-refractivity contribution in [3.63, 3.8) is 0 Å². The van der Waals surface area contributed by atoms with E-state index in [1.54, 1.807) is 0 Å². The van der Waals surface area contributed by atoms with Gasteiger partial charge in [0.05, 0.1) is 5.92 Å². The Morgan fingerprint density at radius 1 is 0.810 bits per heavy atom. The third-order valence-corrected chi connectivity index (χ3v) is 8.68. The maximum atomic E-state index is 10.4. The standard InChI is InChI=1S/C38H31N3O/c1-25(26-11-3-2-4-12-26)41-23-30(21-29-17-9-15-27-13-5-7-18-31(27)29)37-35(24-41)36(34(22-39)38(40)42-37)33-20-10-16-28-14-6-8-19-32(28)33/h2-21,25,36H,23-24,40H2,1H3/b30-21+/t25-,36?/m1/s1. The average molecular weight is 546 g/mol. The molecule has 2 N–H and O–H groups in total. The van der Waals surface area contributed by atoms with Crippen LogP contribution in [0.4, 0.5) is 0 Å². The molecule has 5 aromatic rings. The molecule has 5 aromatic carbocycles. The molecule has 2 atom stereocenters. The van der Waals surface area contributed by atoms with Crippen LogP contribution in [-0.4, -0.2) is 18.0 Å². The van der Waals surface area contributed by atoms with Gasteiger partial charge in [0.25, 0.3) is 0 Å². The fraction of sp³-hybridized carbons (Fsp3) is 0.132. The van der Waals surface area contributed by atoms with Gasteiger partial charge >= 0.3 is 0 Å². The molecule has 0 fully saturated rings. The summed E-state index contributed by atoms with van der Waals surface area (Å²) in [5, 5.41) is 15.0. The fourth-order valence-electron chi connectivity index (χ4n) is 6.53. The highest BCUT2D eigenvalue weighted by molar-refractivity contribution is 5.91. The molecule has 2 aliphatic heterocycles. The first-order valence-corrected chi connectivity index (χ1v) is 14.4. The molecule has 7 rings (SSSR count). The summed E-state index contributed by atoms with van der Waals surface area (Å²) in [6, 6.07) is 42.7. The first kappa shape index (κ1) is 25.8. The number of nitriles is 1. The summed E-state index contributed by atoms with van der Waals surface area (Å²) >= 11 is 0. The lowest BCUT2D eigenvalue weighted by Gasteiger charge is -2.41. The predicted octanol–water partition coefficient (Wildman–Crippen LogP) is 8.22. The van der Waals surface area contributed by atoms with Gasteiger partial charge in [-0.05, 0) is 56.8 Å². The Balaban J connectivity index is 1.45. The minimum atomic E-state index is -0.313. The topological polar surface area (TPSA) is 62.3 Å². The fourth-order valence-corrected chi connectivity index (χ4v) is 6.53. The molecule has 0 amide bonds. The molecular formula is C38H31N3O. The van der Waals surface area contributed by atoms with Crippen molar-refractivity contribution in [3.8, 4) is 6.07 Å². The maximum absolute atomic E-state index is 10.4. The van der Waals surface area contributed by atoms with Crippen LogP contribution in [0.1, 0.15) is 35.6 Å². The summed E-state index contributed by atoms with van der Waals surface area (Å²) in [6.45, 7) is 3.60. The summed E-state index contributed by atoms with van der Waals surface area (Å²) in [4.78, 5) is 2.48. The summed E-state index contributed by atoms with van der Waals surface area (Å²) < 4.78 is 6.41. The zero-order valence-electron chi connectivity index (χ0n) is 23.5. The molecule has 2 aliphatic rings. The van der Waals surface area contributed by atoms with E-state index in [9.17, 15) is 5.26 Å². The molecule has 0 radical (unpaired) electrons. The quantitative estimate of drug-likeness (QED) is 0.247. The molecule has 204 valence electrons. The first-order chi connectivity index (χ1) is 20.6. The molecule has 2 heterocycles. The molecule has 4 nitrogen and oxygen atoms in total. The van der Waals surface area contributed by atoms with Crippen molar-refractivity contribution in [1.82, 2.24) is 4.90 Å². The largest absolute Gasteiger partial charge is 0.440 e. The van der Waals surface area contributed by atoms with Crippen LogP contribution in [0.5, 0.6) is 0 Å². The number of nitrogens with zero attached hydrogens (tertiary/aromatic N) is 2. The summed E-state index contributed by atoms with van der Waals surface area (Å²) in [5.74, 6) is 0.656. The number of fused-ring (bicyclic) bond motifs is 2. The highest BCUT2D eigenvalue weighted by Gasteiger charge is 2.39. The van der Waals surface area contributed by atoms with Crippen LogP contribution in [0, 0.1) is 11.3 Å². The van der Waals surface area contributed by atoms with Crippen molar-refractivity contribution in [2.75, 3.05) is 13.1 Å². The smallest absolute Gasteiger partial charge is 0.205 e. The van der Waals surface area contributed by atoms with Gasteiger partial charge in [0.15, 0.2) is 0 Å². The zero-order chi connectivity index (χ0) is 28.6. The molecule has 0 saturated heterocycles. The third-order valence-electron chi connectivity index (χ3n) is 8.68. The Bertz CT molecular complexity index is 1950. The predicted molar refractivity (Wildman–Crippen MR) is 170 cm³/mol. The van der Waals surface area contributed by atoms with E-state index in [1.807, 2.05) is 6.07 Å². The average Bonchev–Trinajstić information content (AvgIpc) is 3.04. The highest BCUT2D eigenvalue weighted by atomic mass is 16.5. The normalized spacial score (nSPS) is 19.0. The van der Waals surface area contributed by atoms with Crippen LogP contribution < -0.4 is 5.73 Å². The zero-order valence-corrected chi connectivity index (χ0v) is 23.5. The van der Waals surface area contributed by atoms with Crippen LogP contribution >= 0.6 is 0 Å². The van der Waals surface area contributed by atoms with Crippen molar-refractivity contribution < 1.29 is 4.74 Å². The molecule has 0 aliphatic carbocycles. The van der Waals surface area contributed by atoms with Crippen LogP contribution in [-0.2, 0) is 4.74 Å². The molecule has 1 unspecified atom stereocenters. The number of ether oxygens (including phenoxy) is 1. The van der Waals surface area contributed by atoms with Gasteiger partial charge < -0.3 is 10.5 Å². The summed E-state index contributed by atoms with van der Waals surface area (Å²) in [6.07, 6.45) is 2.24. The molecule has 0 saturated carbocycles. The molecule has 42 heavy (non-hydrogen) atoms. The van der Waals surface area contributed by atoms with Gasteiger partial charge in [-0.1, -0.05) is 115 Å². The van der Waals surface area contributed by atoms with E-state index in [-0.39, 0.29) is 17.8 Å². The second-order valence-corrected chi connectivity index (χ2v) is 11.1. The second-order valence-electron chi connectivity index (χ2n) is 11.1. The van der Waals surface area contributed by atoms with E-state index in [4.69, 9.17) is 10.5 Å².